The first kappa shape index (κ1) is 151. The van der Waals surface area contributed by atoms with E-state index in [4.69, 9.17) is 19.2 Å². The van der Waals surface area contributed by atoms with Gasteiger partial charge in [-0.3, -0.25) is 91.2 Å². The van der Waals surface area contributed by atoms with Gasteiger partial charge in [0.2, 0.25) is 67.3 Å². The van der Waals surface area contributed by atoms with E-state index in [9.17, 15) is 116 Å². The maximum Gasteiger partial charge on any atom is 0.328 e. The van der Waals surface area contributed by atoms with Gasteiger partial charge >= 0.3 is 7.60 Å². The monoisotopic (exact) mass is 2040 g/mol. The highest BCUT2D eigenvalue weighted by Crippen LogP contribution is 2.40. The van der Waals surface area contributed by atoms with E-state index >= 15 is 0 Å². The van der Waals surface area contributed by atoms with Crippen molar-refractivity contribution in [3.8, 4) is 0 Å². The summed E-state index contributed by atoms with van der Waals surface area (Å²) in [7, 11) is -28.4. The quantitative estimate of drug-likeness (QED) is 0.0246. The molecule has 10 N–H and O–H groups in total. The van der Waals surface area contributed by atoms with Gasteiger partial charge in [-0.15, -0.1) is 10.2 Å². The van der Waals surface area contributed by atoms with Crippen LogP contribution < -0.4 is 29.5 Å². The Hall–Kier alpha value is -5.66. The molecule has 42 nitrogen and oxygen atoms in total. The standard InChI is InChI=1S/C7H13NO2.C7H14O3S.C6H11N3.C6H13NO3S.C6H13NO2S.C6H11NO2.C6H12O3S.C5H9N3.C5H11NO3S.C5H11NO2S.C5H13O2P.C5H12O2S.C3H9O3P.C3H8O3S.CH4/c1-5(2)4-7(10)8-6(3)9;1-6(2)4-11(9,10)5-7(3)8;1-5(2)3-6-4-7-9-8-6;1-5(2)4-6(8)7-11(3,9)10;1-5(2)4-6(8)7-10(3)9;1-4(2)6(9)7-5(3)8;1-5(2)10(8,9)4-6(3)7;1-4(2)5-3-6-8-7-5;1-4(2)5(7)6-10(3,8)9;1-4(2)5(7)6-9(3)8;2*1-5(2)4-8(3,6)7;2*1-3(2)7(4,5)6;/h5H,4H2,1-3H3,(H,8,9,10);6H,4-5H2,1-3H3;5H,3-4H2,1-2H3;5H,4H2,1-3H3,(H,7,8);5H,4H2,1-3H3,(H,7,8);4H,1-3H3,(H,7,8,9);5H,4H2,1-3H3;4H,3H2,1-2H3;4H,1-3H3,(H,6,7);4H,1-3H3,(H,6,7);5H,4H2,1-3H3,(H,6,7);5H,4H2,1-3H3;3H,1-2H3,(H2,4,5,6);3H,1-2H3,(H,4,5,6);1H4. The lowest BCUT2D eigenvalue weighted by atomic mass is 10.1. The molecule has 0 aliphatic carbocycles. The Kier molecular flexibility index (Phi) is 92.7. The van der Waals surface area contributed by atoms with Crippen molar-refractivity contribution < 1.29 is 135 Å². The van der Waals surface area contributed by atoms with E-state index in [0.29, 0.717) is 60.9 Å². The Morgan fingerprint density at radius 2 is 0.781 bits per heavy atom. The Morgan fingerprint density at radius 1 is 0.438 bits per heavy atom. The summed E-state index contributed by atoms with van der Waals surface area (Å²) in [5, 5.41) is 25.4. The number of nitrogens with zero attached hydrogens (tertiary/aromatic N) is 6. The van der Waals surface area contributed by atoms with Gasteiger partial charge in [-0.05, 0) is 106 Å². The van der Waals surface area contributed by atoms with Crippen LogP contribution in [0.1, 0.15) is 255 Å². The van der Waals surface area contributed by atoms with Gasteiger partial charge in [-0.2, -0.15) is 18.6 Å². The van der Waals surface area contributed by atoms with Crippen molar-refractivity contribution in [2.75, 3.05) is 80.2 Å². The van der Waals surface area contributed by atoms with Gasteiger partial charge in [0.1, 0.15) is 68.0 Å². The summed E-state index contributed by atoms with van der Waals surface area (Å²) in [5.74, 6) is -0.884. The molecular formula is C76H164N12O30P2S8. The summed E-state index contributed by atoms with van der Waals surface area (Å²) >= 11 is 0. The van der Waals surface area contributed by atoms with Crippen molar-refractivity contribution in [3.05, 3.63) is 0 Å². The van der Waals surface area contributed by atoms with E-state index in [1.54, 1.807) is 55.4 Å². The summed E-state index contributed by atoms with van der Waals surface area (Å²) in [6.07, 6.45) is 8.62. The number of carbonyl (C=O) groups excluding carboxylic acids is 10. The van der Waals surface area contributed by atoms with E-state index in [1.165, 1.54) is 80.8 Å². The van der Waals surface area contributed by atoms with Gasteiger partial charge in [0.15, 0.2) is 27.0 Å². The van der Waals surface area contributed by atoms with Crippen LogP contribution in [0.5, 0.6) is 0 Å². The molecule has 0 bridgehead atoms. The smallest absolute Gasteiger partial charge is 0.328 e. The van der Waals surface area contributed by atoms with Gasteiger partial charge in [0.05, 0.1) is 51.6 Å². The van der Waals surface area contributed by atoms with E-state index < -0.39 is 125 Å². The fourth-order valence-electron chi connectivity index (χ4n) is 6.64. The molecule has 0 radical (unpaired) electrons. The highest BCUT2D eigenvalue weighted by molar-refractivity contribution is 7.93. The summed E-state index contributed by atoms with van der Waals surface area (Å²) < 4.78 is 184. The molecule has 2 rings (SSSR count). The third-order valence-electron chi connectivity index (χ3n) is 12.1. The van der Waals surface area contributed by atoms with Crippen LogP contribution in [0.3, 0.4) is 0 Å². The second kappa shape index (κ2) is 78.8. The number of ketones is 2. The summed E-state index contributed by atoms with van der Waals surface area (Å²) in [6, 6.07) is 0. The number of amides is 8. The van der Waals surface area contributed by atoms with Crippen LogP contribution in [0.25, 0.3) is 0 Å². The number of sulfone groups is 3. The second-order valence-corrected chi connectivity index (χ2v) is 52.9. The number of nitrogens with one attached hydrogen (secondary N) is 6. The minimum absolute atomic E-state index is 0. The molecule has 0 fully saturated rings. The fourth-order valence-corrected chi connectivity index (χ4v) is 13.9. The van der Waals surface area contributed by atoms with Crippen LogP contribution in [-0.2, 0) is 139 Å². The fraction of sp³-hybridized carbons (Fsp3) is 0.842. The molecular weight excluding hydrogens is 1880 g/mol. The average molecular weight is 2040 g/mol. The van der Waals surface area contributed by atoms with E-state index in [2.05, 4.69) is 78.7 Å². The summed E-state index contributed by atoms with van der Waals surface area (Å²) in [4.78, 5) is 131. The number of carbonyl (C=O) groups is 10. The molecule has 8 amide bonds. The molecule has 3 unspecified atom stereocenters. The molecule has 2 heterocycles. The van der Waals surface area contributed by atoms with Crippen molar-refractivity contribution in [1.29, 1.82) is 0 Å². The number of Topliss-reactive ketones (excluding diaryl/α,β-unsaturated/α-hetero) is 2. The van der Waals surface area contributed by atoms with E-state index in [0.717, 1.165) is 36.9 Å². The molecule has 2 aliphatic rings. The van der Waals surface area contributed by atoms with Crippen molar-refractivity contribution in [3.63, 3.8) is 0 Å². The van der Waals surface area contributed by atoms with Crippen LogP contribution >= 0.6 is 15.0 Å². The second-order valence-electron chi connectivity index (χ2n) is 33.7. The van der Waals surface area contributed by atoms with Crippen LogP contribution in [-0.4, -0.2) is 245 Å². The predicted octanol–water partition coefficient (Wildman–Crippen LogP) is 9.41. The molecule has 0 aromatic carbocycles. The molecule has 0 spiro atoms. The lowest BCUT2D eigenvalue weighted by Gasteiger charge is -2.06. The third-order valence-corrected chi connectivity index (χ3v) is 23.7. The highest BCUT2D eigenvalue weighted by atomic mass is 32.2. The Morgan fingerprint density at radius 3 is 0.953 bits per heavy atom. The van der Waals surface area contributed by atoms with Crippen LogP contribution in [0.15, 0.2) is 30.9 Å². The van der Waals surface area contributed by atoms with Crippen LogP contribution in [0, 0.1) is 65.1 Å². The molecule has 0 aromatic heterocycles. The van der Waals surface area contributed by atoms with Crippen molar-refractivity contribution in [2.45, 2.75) is 271 Å². The molecule has 0 saturated heterocycles. The Bertz CT molecular complexity index is 4170. The number of hydrogen-bond donors (Lipinski definition) is 10. The lowest BCUT2D eigenvalue weighted by Crippen LogP contribution is -2.32. The van der Waals surface area contributed by atoms with Gasteiger partial charge in [0.25, 0.3) is 10.1 Å². The first-order valence-electron chi connectivity index (χ1n) is 39.9. The maximum atomic E-state index is 11.0. The number of hydrogen-bond acceptors (Lipinski definition) is 32. The minimum Gasteiger partial charge on any atom is -0.344 e. The first-order valence-corrected chi connectivity index (χ1v) is 57.9. The van der Waals surface area contributed by atoms with Crippen molar-refractivity contribution in [1.82, 2.24) is 29.5 Å². The molecule has 766 valence electrons. The van der Waals surface area contributed by atoms with Gasteiger partial charge in [-0.25, -0.2) is 50.5 Å². The van der Waals surface area contributed by atoms with Crippen LogP contribution in [0.2, 0.25) is 0 Å². The van der Waals surface area contributed by atoms with Crippen molar-refractivity contribution in [2.24, 2.45) is 96.0 Å². The molecule has 3 atom stereocenters. The molecule has 52 heteroatoms. The molecule has 0 aromatic rings. The van der Waals surface area contributed by atoms with Crippen LogP contribution in [0.4, 0.5) is 0 Å². The molecule has 128 heavy (non-hydrogen) atoms. The van der Waals surface area contributed by atoms with Crippen molar-refractivity contribution >= 4 is 167 Å². The zero-order chi connectivity index (χ0) is 104. The van der Waals surface area contributed by atoms with Gasteiger partial charge < -0.3 is 14.7 Å². The lowest BCUT2D eigenvalue weighted by molar-refractivity contribution is -0.132. The number of sulfonamides is 2. The summed E-state index contributed by atoms with van der Waals surface area (Å²) in [6.45, 7) is 58.5. The first-order chi connectivity index (χ1) is 56.3. The summed E-state index contributed by atoms with van der Waals surface area (Å²) in [5.41, 5.74) is 1.67. The van der Waals surface area contributed by atoms with E-state index in [-0.39, 0.29) is 114 Å². The minimum atomic E-state index is -3.74. The third kappa shape index (κ3) is 143. The zero-order valence-corrected chi connectivity index (χ0v) is 90.4. The van der Waals surface area contributed by atoms with E-state index in [1.807, 2.05) is 92.5 Å². The average Bonchev–Trinajstić information content (AvgIpc) is 1.18. The Labute approximate surface area is 773 Å². The maximum absolute atomic E-state index is 11.0. The number of imide groups is 2. The normalized spacial score (nSPS) is 12.9. The SMILES string of the molecule is C.CC(=O)CS(=O)(=O)C(C)C.CC(=O)CS(=O)(=O)CC(C)C.CC(=O)NC(=O)C(C)C.CC(=O)NC(=O)CC(C)C.CC(C)C(=O)NS(C)(=O)=O.CC(C)C(=O)NS(C)=O.CC(C)C1=NN=NC1.CC(C)CC(=O)NS(C)(=O)=O.CC(C)CC(=O)NS(C)=O.CC(C)CC1=NN=NC1.CC(C)CP(C)(=O)O.CC(C)CS(C)(=O)=O.CC(C)P(=O)(O)O.CC(C)S(=O)(=O)O. The molecule has 2 aliphatic heterocycles. The highest BCUT2D eigenvalue weighted by Gasteiger charge is 2.21. The van der Waals surface area contributed by atoms with Gasteiger partial charge in [-0.1, -0.05) is 174 Å². The molecule has 0 saturated carbocycles. The Balaban J connectivity index is -0.000000101. The number of rotatable bonds is 29. The topological polar surface area (TPSA) is 671 Å². The van der Waals surface area contributed by atoms with Gasteiger partial charge in [0, 0.05) is 82.5 Å². The largest absolute Gasteiger partial charge is 0.344 e. The predicted molar refractivity (Wildman–Crippen MR) is 514 cm³/mol. The zero-order valence-electron chi connectivity index (χ0n) is 82.1.